The summed E-state index contributed by atoms with van der Waals surface area (Å²) < 4.78 is 10.5. The zero-order chi connectivity index (χ0) is 28.3. The number of hydrogen-bond acceptors (Lipinski definition) is 8. The van der Waals surface area contributed by atoms with E-state index in [1.54, 1.807) is 54.5 Å². The van der Waals surface area contributed by atoms with Gasteiger partial charge in [-0.25, -0.2) is 9.59 Å². The fourth-order valence-electron chi connectivity index (χ4n) is 3.75. The molecule has 37 heavy (non-hydrogen) atoms. The smallest absolute Gasteiger partial charge is 0.408 e. The Morgan fingerprint density at radius 3 is 2.24 bits per heavy atom. The quantitative estimate of drug-likeness (QED) is 0.400. The molecule has 0 fully saturated rings. The van der Waals surface area contributed by atoms with E-state index in [1.165, 1.54) is 6.07 Å². The van der Waals surface area contributed by atoms with Gasteiger partial charge in [0.25, 0.3) is 6.01 Å². The molecule has 0 saturated carbocycles. The van der Waals surface area contributed by atoms with E-state index in [9.17, 15) is 24.3 Å². The van der Waals surface area contributed by atoms with Gasteiger partial charge in [-0.3, -0.25) is 9.59 Å². The van der Waals surface area contributed by atoms with Crippen molar-refractivity contribution < 1.29 is 28.6 Å². The van der Waals surface area contributed by atoms with Gasteiger partial charge in [0.1, 0.15) is 11.6 Å². The highest BCUT2D eigenvalue weighted by atomic mass is 16.6. The van der Waals surface area contributed by atoms with Crippen LogP contribution in [0.5, 0.6) is 0 Å². The van der Waals surface area contributed by atoms with Crippen LogP contribution in [0, 0.1) is 18.3 Å². The molecule has 0 radical (unpaired) electrons. The number of ether oxygens (including phenoxy) is 1. The Morgan fingerprint density at radius 2 is 1.73 bits per heavy atom. The first kappa shape index (κ1) is 29.6. The molecular weight excluding hydrogens is 480 g/mol. The minimum atomic E-state index is -1.21. The van der Waals surface area contributed by atoms with E-state index in [2.05, 4.69) is 20.9 Å². The number of rotatable bonds is 8. The van der Waals surface area contributed by atoms with Crippen molar-refractivity contribution in [3.63, 3.8) is 0 Å². The number of aromatic nitrogens is 1. The minimum Gasteiger partial charge on any atom is -0.481 e. The second-order valence-electron chi connectivity index (χ2n) is 11.5. The number of carbonyl (C=O) groups excluding carboxylic acids is 2. The number of carbonyl (C=O) groups is 3. The van der Waals surface area contributed by atoms with Gasteiger partial charge in [0, 0.05) is 11.7 Å². The SMILES string of the molecule is Cc1cc(NC(=O)[C@H](CC(C(=O)O)C(C)(C)C)NC(=O)OC(C)(C)C)cc2nc(NC(C)C)oc(=O)c12. The Kier molecular flexibility index (Phi) is 8.95. The highest BCUT2D eigenvalue weighted by molar-refractivity contribution is 5.99. The molecule has 2 atom stereocenters. The molecule has 1 aromatic heterocycles. The van der Waals surface area contributed by atoms with Crippen molar-refractivity contribution in [3.8, 4) is 0 Å². The molecular formula is C26H38N4O7. The van der Waals surface area contributed by atoms with Crippen LogP contribution >= 0.6 is 0 Å². The summed E-state index contributed by atoms with van der Waals surface area (Å²) in [6.45, 7) is 15.7. The molecule has 11 nitrogen and oxygen atoms in total. The van der Waals surface area contributed by atoms with Gasteiger partial charge >= 0.3 is 17.7 Å². The summed E-state index contributed by atoms with van der Waals surface area (Å²) in [6.07, 6.45) is -1.01. The van der Waals surface area contributed by atoms with E-state index < -0.39 is 46.6 Å². The number of nitrogens with one attached hydrogen (secondary N) is 3. The molecule has 1 aromatic carbocycles. The average molecular weight is 519 g/mol. The highest BCUT2D eigenvalue weighted by Gasteiger charge is 2.37. The van der Waals surface area contributed by atoms with Crippen LogP contribution in [0.3, 0.4) is 0 Å². The lowest BCUT2D eigenvalue weighted by Gasteiger charge is -2.31. The number of benzene rings is 1. The lowest BCUT2D eigenvalue weighted by atomic mass is 9.77. The normalized spacial score (nSPS) is 13.7. The van der Waals surface area contributed by atoms with Crippen molar-refractivity contribution in [1.82, 2.24) is 10.3 Å². The first-order valence-electron chi connectivity index (χ1n) is 12.1. The predicted octanol–water partition coefficient (Wildman–Crippen LogP) is 4.29. The fraction of sp³-hybridized carbons (Fsp3) is 0.577. The van der Waals surface area contributed by atoms with Crippen LogP contribution in [0.2, 0.25) is 0 Å². The van der Waals surface area contributed by atoms with E-state index in [1.807, 2.05) is 13.8 Å². The van der Waals surface area contributed by atoms with Crippen molar-refractivity contribution >= 4 is 40.6 Å². The summed E-state index contributed by atoms with van der Waals surface area (Å²) in [6, 6.07) is 1.91. The van der Waals surface area contributed by atoms with Crippen LogP contribution in [-0.2, 0) is 14.3 Å². The number of aryl methyl sites for hydroxylation is 1. The van der Waals surface area contributed by atoms with Gasteiger partial charge in [-0.1, -0.05) is 20.8 Å². The van der Waals surface area contributed by atoms with E-state index in [4.69, 9.17) is 9.15 Å². The Morgan fingerprint density at radius 1 is 1.11 bits per heavy atom. The van der Waals surface area contributed by atoms with Crippen molar-refractivity contribution in [2.45, 2.75) is 86.4 Å². The van der Waals surface area contributed by atoms with Crippen molar-refractivity contribution in [2.24, 2.45) is 11.3 Å². The maximum absolute atomic E-state index is 13.3. The molecule has 1 heterocycles. The lowest BCUT2D eigenvalue weighted by molar-refractivity contribution is -0.146. The van der Waals surface area contributed by atoms with E-state index in [0.717, 1.165) is 0 Å². The Bertz CT molecular complexity index is 1220. The molecule has 0 aliphatic rings. The predicted molar refractivity (Wildman–Crippen MR) is 141 cm³/mol. The molecule has 0 saturated heterocycles. The van der Waals surface area contributed by atoms with Gasteiger partial charge in [0.2, 0.25) is 5.91 Å². The molecule has 1 unspecified atom stereocenters. The van der Waals surface area contributed by atoms with Crippen molar-refractivity contribution in [1.29, 1.82) is 0 Å². The summed E-state index contributed by atoms with van der Waals surface area (Å²) >= 11 is 0. The summed E-state index contributed by atoms with van der Waals surface area (Å²) in [5.41, 5.74) is -0.906. The summed E-state index contributed by atoms with van der Waals surface area (Å²) in [4.78, 5) is 54.7. The van der Waals surface area contributed by atoms with Crippen LogP contribution in [-0.4, -0.2) is 45.7 Å². The van der Waals surface area contributed by atoms with E-state index >= 15 is 0 Å². The van der Waals surface area contributed by atoms with Gasteiger partial charge < -0.3 is 30.2 Å². The number of amides is 2. The molecule has 11 heteroatoms. The number of fused-ring (bicyclic) bond motifs is 1. The zero-order valence-electron chi connectivity index (χ0n) is 22.9. The van der Waals surface area contributed by atoms with Gasteiger partial charge in [0.05, 0.1) is 16.8 Å². The Hall–Kier alpha value is -3.63. The lowest BCUT2D eigenvalue weighted by Crippen LogP contribution is -2.48. The number of aliphatic carboxylic acids is 1. The molecule has 0 spiro atoms. The van der Waals surface area contributed by atoms with Crippen LogP contribution in [0.25, 0.3) is 10.9 Å². The standard InChI is InChI=1S/C26H38N4O7/c1-13(2)27-23-29-17-11-15(10-14(3)19(17)22(34)36-23)28-20(31)18(30-24(35)37-26(7,8)9)12-16(21(32)33)25(4,5)6/h10-11,13,16,18H,12H2,1-9H3,(H,27,29)(H,28,31)(H,30,35)(H,32,33)/t16?,18-/m0/s1. The average Bonchev–Trinajstić information content (AvgIpc) is 2.67. The van der Waals surface area contributed by atoms with Crippen LogP contribution in [0.1, 0.15) is 67.4 Å². The maximum Gasteiger partial charge on any atom is 0.408 e. The van der Waals surface area contributed by atoms with Crippen molar-refractivity contribution in [3.05, 3.63) is 28.1 Å². The largest absolute Gasteiger partial charge is 0.481 e. The summed E-state index contributed by atoms with van der Waals surface area (Å²) in [7, 11) is 0. The third kappa shape index (κ3) is 8.47. The first-order chi connectivity index (χ1) is 16.9. The minimum absolute atomic E-state index is 0.0261. The van der Waals surface area contributed by atoms with Gasteiger partial charge in [-0.05, 0) is 71.1 Å². The zero-order valence-corrected chi connectivity index (χ0v) is 22.9. The number of carboxylic acid groups (broad SMARTS) is 1. The summed E-state index contributed by atoms with van der Waals surface area (Å²) in [5.74, 6) is -2.66. The van der Waals surface area contributed by atoms with Gasteiger partial charge in [-0.15, -0.1) is 0 Å². The third-order valence-corrected chi connectivity index (χ3v) is 5.43. The number of carboxylic acids is 1. The number of anilines is 2. The maximum atomic E-state index is 13.3. The van der Waals surface area contributed by atoms with Crippen LogP contribution < -0.4 is 21.6 Å². The van der Waals surface area contributed by atoms with E-state index in [0.29, 0.717) is 16.8 Å². The second-order valence-corrected chi connectivity index (χ2v) is 11.5. The molecule has 0 aliphatic heterocycles. The number of alkyl carbamates (subject to hydrolysis) is 1. The summed E-state index contributed by atoms with van der Waals surface area (Å²) in [5, 5.41) is 18.2. The molecule has 4 N–H and O–H groups in total. The molecule has 2 rings (SSSR count). The molecule has 2 amide bonds. The van der Waals surface area contributed by atoms with Crippen LogP contribution in [0.4, 0.5) is 16.5 Å². The second kappa shape index (κ2) is 11.2. The van der Waals surface area contributed by atoms with Crippen molar-refractivity contribution in [2.75, 3.05) is 10.6 Å². The number of nitrogens with zero attached hydrogens (tertiary/aromatic N) is 1. The van der Waals surface area contributed by atoms with Gasteiger partial charge in [0.15, 0.2) is 0 Å². The Labute approximate surface area is 216 Å². The molecule has 0 bridgehead atoms. The fourth-order valence-corrected chi connectivity index (χ4v) is 3.75. The molecule has 0 aliphatic carbocycles. The topological polar surface area (TPSA) is 160 Å². The molecule has 2 aromatic rings. The Balaban J connectivity index is 2.43. The highest BCUT2D eigenvalue weighted by Crippen LogP contribution is 2.31. The van der Waals surface area contributed by atoms with E-state index in [-0.39, 0.29) is 23.9 Å². The first-order valence-corrected chi connectivity index (χ1v) is 12.1. The van der Waals surface area contributed by atoms with Crippen LogP contribution in [0.15, 0.2) is 21.3 Å². The molecule has 204 valence electrons. The monoisotopic (exact) mass is 518 g/mol. The third-order valence-electron chi connectivity index (χ3n) is 5.43. The number of hydrogen-bond donors (Lipinski definition) is 4. The van der Waals surface area contributed by atoms with Gasteiger partial charge in [-0.2, -0.15) is 4.98 Å².